The second kappa shape index (κ2) is 6.32. The standard InChI is InChI=1S/C15H25N3/c1-12-2-4-13(5-3-12)8-14-9-15(17)11-18(10-14)7-6-16/h2-5,14-15H,6-11,16-17H2,1H3. The molecular formula is C15H25N3. The van der Waals surface area contributed by atoms with Gasteiger partial charge < -0.3 is 16.4 Å². The van der Waals surface area contributed by atoms with Crippen molar-refractivity contribution in [1.82, 2.24) is 4.90 Å². The van der Waals surface area contributed by atoms with Crippen molar-refractivity contribution in [3.8, 4) is 0 Å². The van der Waals surface area contributed by atoms with Gasteiger partial charge in [-0.2, -0.15) is 0 Å². The maximum Gasteiger partial charge on any atom is 0.0171 e. The Kier molecular flexibility index (Phi) is 4.75. The lowest BCUT2D eigenvalue weighted by molar-refractivity contribution is 0.160. The SMILES string of the molecule is Cc1ccc(CC2CC(N)CN(CCN)C2)cc1. The van der Waals surface area contributed by atoms with E-state index in [-0.39, 0.29) is 0 Å². The third-order valence-electron chi connectivity index (χ3n) is 3.74. The first-order valence-corrected chi connectivity index (χ1v) is 6.91. The molecule has 1 fully saturated rings. The number of hydrogen-bond donors (Lipinski definition) is 2. The van der Waals surface area contributed by atoms with Crippen molar-refractivity contribution in [3.05, 3.63) is 35.4 Å². The van der Waals surface area contributed by atoms with E-state index in [1.807, 2.05) is 0 Å². The van der Waals surface area contributed by atoms with Crippen LogP contribution in [0.15, 0.2) is 24.3 Å². The van der Waals surface area contributed by atoms with Gasteiger partial charge in [0.25, 0.3) is 0 Å². The van der Waals surface area contributed by atoms with Crippen LogP contribution in [0.2, 0.25) is 0 Å². The number of nitrogens with two attached hydrogens (primary N) is 2. The van der Waals surface area contributed by atoms with Gasteiger partial charge in [0, 0.05) is 32.2 Å². The highest BCUT2D eigenvalue weighted by Crippen LogP contribution is 2.20. The Morgan fingerprint density at radius 2 is 1.94 bits per heavy atom. The maximum absolute atomic E-state index is 6.14. The Labute approximate surface area is 110 Å². The van der Waals surface area contributed by atoms with Crippen molar-refractivity contribution < 1.29 is 0 Å². The van der Waals surface area contributed by atoms with Gasteiger partial charge in [-0.1, -0.05) is 29.8 Å². The van der Waals surface area contributed by atoms with E-state index in [0.29, 0.717) is 12.0 Å². The maximum atomic E-state index is 6.14. The summed E-state index contributed by atoms with van der Waals surface area (Å²) in [6, 6.07) is 9.16. The van der Waals surface area contributed by atoms with Crippen molar-refractivity contribution in [2.75, 3.05) is 26.2 Å². The Morgan fingerprint density at radius 1 is 1.22 bits per heavy atom. The van der Waals surface area contributed by atoms with Crippen molar-refractivity contribution in [2.24, 2.45) is 17.4 Å². The predicted octanol–water partition coefficient (Wildman–Crippen LogP) is 1.15. The zero-order valence-electron chi connectivity index (χ0n) is 11.3. The van der Waals surface area contributed by atoms with E-state index in [9.17, 15) is 0 Å². The van der Waals surface area contributed by atoms with Crippen LogP contribution in [-0.2, 0) is 6.42 Å². The molecule has 0 aliphatic carbocycles. The van der Waals surface area contributed by atoms with E-state index < -0.39 is 0 Å². The van der Waals surface area contributed by atoms with Crippen molar-refractivity contribution in [2.45, 2.75) is 25.8 Å². The van der Waals surface area contributed by atoms with Gasteiger partial charge in [-0.05, 0) is 31.2 Å². The Balaban J connectivity index is 1.93. The van der Waals surface area contributed by atoms with Gasteiger partial charge in [0.05, 0.1) is 0 Å². The Bertz CT molecular complexity index is 361. The Morgan fingerprint density at radius 3 is 2.61 bits per heavy atom. The molecule has 3 heteroatoms. The van der Waals surface area contributed by atoms with Crippen LogP contribution in [0.25, 0.3) is 0 Å². The number of nitrogens with zero attached hydrogens (tertiary/aromatic N) is 1. The van der Waals surface area contributed by atoms with Gasteiger partial charge in [0.15, 0.2) is 0 Å². The minimum Gasteiger partial charge on any atom is -0.329 e. The smallest absolute Gasteiger partial charge is 0.0171 e. The summed E-state index contributed by atoms with van der Waals surface area (Å²) in [5, 5.41) is 0. The van der Waals surface area contributed by atoms with Gasteiger partial charge in [-0.3, -0.25) is 0 Å². The van der Waals surface area contributed by atoms with E-state index in [2.05, 4.69) is 36.1 Å². The van der Waals surface area contributed by atoms with Gasteiger partial charge in [0.1, 0.15) is 0 Å². The van der Waals surface area contributed by atoms with Gasteiger partial charge in [-0.25, -0.2) is 0 Å². The highest BCUT2D eigenvalue weighted by Gasteiger charge is 2.24. The second-order valence-electron chi connectivity index (χ2n) is 5.60. The fraction of sp³-hybridized carbons (Fsp3) is 0.600. The molecule has 2 rings (SSSR count). The van der Waals surface area contributed by atoms with Crippen LogP contribution in [0.5, 0.6) is 0 Å². The summed E-state index contributed by atoms with van der Waals surface area (Å²) in [4.78, 5) is 2.41. The predicted molar refractivity (Wildman–Crippen MR) is 76.5 cm³/mol. The van der Waals surface area contributed by atoms with Gasteiger partial charge >= 0.3 is 0 Å². The molecule has 0 amide bonds. The van der Waals surface area contributed by atoms with Crippen LogP contribution < -0.4 is 11.5 Å². The zero-order chi connectivity index (χ0) is 13.0. The fourth-order valence-corrected chi connectivity index (χ4v) is 2.92. The molecule has 1 aromatic carbocycles. The molecule has 1 heterocycles. The molecule has 1 saturated heterocycles. The first-order chi connectivity index (χ1) is 8.67. The lowest BCUT2D eigenvalue weighted by atomic mass is 9.89. The molecule has 2 atom stereocenters. The average Bonchev–Trinajstić information content (AvgIpc) is 2.32. The van der Waals surface area contributed by atoms with Crippen LogP contribution in [0.4, 0.5) is 0 Å². The van der Waals surface area contributed by atoms with E-state index in [4.69, 9.17) is 11.5 Å². The van der Waals surface area contributed by atoms with E-state index in [1.165, 1.54) is 11.1 Å². The molecule has 0 aromatic heterocycles. The number of benzene rings is 1. The van der Waals surface area contributed by atoms with Crippen LogP contribution in [0, 0.1) is 12.8 Å². The molecule has 0 radical (unpaired) electrons. The molecule has 1 aromatic rings. The molecule has 1 aliphatic rings. The van der Waals surface area contributed by atoms with Gasteiger partial charge in [0.2, 0.25) is 0 Å². The van der Waals surface area contributed by atoms with E-state index >= 15 is 0 Å². The topological polar surface area (TPSA) is 55.3 Å². The molecule has 3 nitrogen and oxygen atoms in total. The summed E-state index contributed by atoms with van der Waals surface area (Å²) < 4.78 is 0. The third-order valence-corrected chi connectivity index (χ3v) is 3.74. The molecule has 1 aliphatic heterocycles. The van der Waals surface area contributed by atoms with Crippen molar-refractivity contribution in [3.63, 3.8) is 0 Å². The number of likely N-dealkylation sites (tertiary alicyclic amines) is 1. The monoisotopic (exact) mass is 247 g/mol. The lowest BCUT2D eigenvalue weighted by Crippen LogP contribution is -2.48. The number of rotatable bonds is 4. The molecule has 0 saturated carbocycles. The number of aryl methyl sites for hydroxylation is 1. The summed E-state index contributed by atoms with van der Waals surface area (Å²) in [6.45, 7) is 5.96. The highest BCUT2D eigenvalue weighted by atomic mass is 15.2. The summed E-state index contributed by atoms with van der Waals surface area (Å²) in [6.07, 6.45) is 2.27. The number of piperidine rings is 1. The van der Waals surface area contributed by atoms with Crippen LogP contribution in [0.3, 0.4) is 0 Å². The van der Waals surface area contributed by atoms with Crippen molar-refractivity contribution >= 4 is 0 Å². The molecule has 0 bridgehead atoms. The Hall–Kier alpha value is -0.900. The van der Waals surface area contributed by atoms with Crippen LogP contribution >= 0.6 is 0 Å². The first-order valence-electron chi connectivity index (χ1n) is 6.91. The van der Waals surface area contributed by atoms with Crippen LogP contribution in [0.1, 0.15) is 17.5 Å². The van der Waals surface area contributed by atoms with Crippen molar-refractivity contribution in [1.29, 1.82) is 0 Å². The summed E-state index contributed by atoms with van der Waals surface area (Å²) in [5.74, 6) is 0.669. The molecule has 18 heavy (non-hydrogen) atoms. The molecule has 2 unspecified atom stereocenters. The van der Waals surface area contributed by atoms with Crippen LogP contribution in [-0.4, -0.2) is 37.1 Å². The second-order valence-corrected chi connectivity index (χ2v) is 5.60. The van der Waals surface area contributed by atoms with E-state index in [1.54, 1.807) is 0 Å². The van der Waals surface area contributed by atoms with E-state index in [0.717, 1.165) is 39.0 Å². The normalized spacial score (nSPS) is 25.3. The quantitative estimate of drug-likeness (QED) is 0.839. The molecule has 0 spiro atoms. The fourth-order valence-electron chi connectivity index (χ4n) is 2.92. The summed E-state index contributed by atoms with van der Waals surface area (Å²) in [5.41, 5.74) is 14.5. The zero-order valence-corrected chi connectivity index (χ0v) is 11.3. The number of hydrogen-bond acceptors (Lipinski definition) is 3. The third kappa shape index (κ3) is 3.80. The molecule has 100 valence electrons. The summed E-state index contributed by atoms with van der Waals surface area (Å²) in [7, 11) is 0. The summed E-state index contributed by atoms with van der Waals surface area (Å²) >= 11 is 0. The largest absolute Gasteiger partial charge is 0.329 e. The minimum absolute atomic E-state index is 0.306. The highest BCUT2D eigenvalue weighted by molar-refractivity contribution is 5.21. The molecule has 4 N–H and O–H groups in total. The first kappa shape index (κ1) is 13.5. The minimum atomic E-state index is 0.306. The molecular weight excluding hydrogens is 222 g/mol. The van der Waals surface area contributed by atoms with Gasteiger partial charge in [-0.15, -0.1) is 0 Å². The lowest BCUT2D eigenvalue weighted by Gasteiger charge is -2.36. The average molecular weight is 247 g/mol.